The normalized spacial score (nSPS) is 16.2. The summed E-state index contributed by atoms with van der Waals surface area (Å²) in [6, 6.07) is 7.47. The van der Waals surface area contributed by atoms with E-state index in [-0.39, 0.29) is 6.61 Å². The van der Waals surface area contributed by atoms with Gasteiger partial charge < -0.3 is 15.7 Å². The average molecular weight is 339 g/mol. The molecule has 1 heterocycles. The van der Waals surface area contributed by atoms with Crippen LogP contribution in [0.4, 0.5) is 5.69 Å². The van der Waals surface area contributed by atoms with Crippen LogP contribution in [0, 0.1) is 0 Å². The number of benzene rings is 1. The van der Waals surface area contributed by atoms with Crippen molar-refractivity contribution in [2.24, 2.45) is 9.98 Å². The molecule has 7 heteroatoms. The van der Waals surface area contributed by atoms with Crippen molar-refractivity contribution in [3.8, 4) is 0 Å². The van der Waals surface area contributed by atoms with Crippen LogP contribution in [0.2, 0.25) is 5.02 Å². The minimum Gasteiger partial charge on any atom is -0.396 e. The van der Waals surface area contributed by atoms with Crippen molar-refractivity contribution in [3.05, 3.63) is 41.2 Å². The molecule has 1 aliphatic heterocycles. The molecule has 1 aliphatic rings. The van der Waals surface area contributed by atoms with Gasteiger partial charge in [0.1, 0.15) is 0 Å². The fourth-order valence-electron chi connectivity index (χ4n) is 1.67. The van der Waals surface area contributed by atoms with Crippen LogP contribution in [-0.2, 0) is 0 Å². The van der Waals surface area contributed by atoms with Gasteiger partial charge in [0.05, 0.1) is 0 Å². The topological polar surface area (TPSA) is 69.0 Å². The Morgan fingerprint density at radius 1 is 1.36 bits per heavy atom. The summed E-state index contributed by atoms with van der Waals surface area (Å²) in [5, 5.41) is 17.4. The van der Waals surface area contributed by atoms with Crippen LogP contribution in [0.25, 0.3) is 0 Å². The minimum atomic E-state index is 0.238. The quantitative estimate of drug-likeness (QED) is 0.666. The summed E-state index contributed by atoms with van der Waals surface area (Å²) in [6.45, 7) is 3.04. The van der Waals surface area contributed by atoms with Crippen molar-refractivity contribution in [3.63, 3.8) is 0 Å². The molecule has 0 unspecified atom stereocenters. The number of aliphatic hydroxyl groups excluding tert-OH is 1. The first kappa shape index (κ1) is 16.9. The number of unbranched alkanes of at least 4 members (excludes halogenated alkanes) is 1. The smallest absolute Gasteiger partial charge is 0.197 e. The molecule has 0 aromatic heterocycles. The zero-order valence-corrected chi connectivity index (χ0v) is 13.9. The predicted molar refractivity (Wildman–Crippen MR) is 95.6 cm³/mol. The van der Waals surface area contributed by atoms with E-state index in [0.717, 1.165) is 41.1 Å². The Kier molecular flexibility index (Phi) is 6.76. The second-order valence-electron chi connectivity index (χ2n) is 4.73. The highest BCUT2D eigenvalue weighted by Gasteiger charge is 2.16. The van der Waals surface area contributed by atoms with Crippen LogP contribution in [0.3, 0.4) is 0 Å². The van der Waals surface area contributed by atoms with E-state index >= 15 is 0 Å². The molecule has 118 valence electrons. The zero-order chi connectivity index (χ0) is 15.8. The maximum absolute atomic E-state index is 8.70. The Morgan fingerprint density at radius 2 is 2.09 bits per heavy atom. The third kappa shape index (κ3) is 5.71. The number of aliphatic hydroxyl groups is 1. The highest BCUT2D eigenvalue weighted by atomic mass is 35.5. The van der Waals surface area contributed by atoms with Crippen LogP contribution in [-0.4, -0.2) is 28.6 Å². The number of allylic oxidation sites excluding steroid dienone is 1. The number of nitrogens with one attached hydrogen (secondary N) is 2. The average Bonchev–Trinajstić information content (AvgIpc) is 2.48. The fraction of sp³-hybridized carbons (Fsp3) is 0.333. The second-order valence-corrected chi connectivity index (χ2v) is 6.12. The largest absolute Gasteiger partial charge is 0.396 e. The van der Waals surface area contributed by atoms with Gasteiger partial charge in [0.15, 0.2) is 10.3 Å². The maximum Gasteiger partial charge on any atom is 0.197 e. The van der Waals surface area contributed by atoms with E-state index in [1.165, 1.54) is 11.8 Å². The van der Waals surface area contributed by atoms with Gasteiger partial charge in [-0.05, 0) is 55.8 Å². The number of aliphatic imine (C=N–C) groups is 2. The first-order valence-corrected chi connectivity index (χ1v) is 8.25. The number of hydrogen-bond donors (Lipinski definition) is 3. The van der Waals surface area contributed by atoms with Crippen LogP contribution < -0.4 is 10.6 Å². The Labute approximate surface area is 139 Å². The number of amidine groups is 2. The Bertz CT molecular complexity index is 584. The summed E-state index contributed by atoms with van der Waals surface area (Å²) in [5.41, 5.74) is 1.94. The molecule has 22 heavy (non-hydrogen) atoms. The molecule has 0 aliphatic carbocycles. The van der Waals surface area contributed by atoms with Crippen molar-refractivity contribution in [2.75, 3.05) is 18.5 Å². The lowest BCUT2D eigenvalue weighted by Crippen LogP contribution is -2.19. The summed E-state index contributed by atoms with van der Waals surface area (Å²) < 4.78 is 0. The second kappa shape index (κ2) is 8.82. The highest BCUT2D eigenvalue weighted by Crippen LogP contribution is 2.23. The van der Waals surface area contributed by atoms with Gasteiger partial charge in [0, 0.05) is 35.8 Å². The van der Waals surface area contributed by atoms with E-state index in [9.17, 15) is 0 Å². The molecule has 0 spiro atoms. The minimum absolute atomic E-state index is 0.238. The van der Waals surface area contributed by atoms with Crippen molar-refractivity contribution in [1.29, 1.82) is 0 Å². The van der Waals surface area contributed by atoms with Gasteiger partial charge in [-0.25, -0.2) is 4.99 Å². The van der Waals surface area contributed by atoms with Gasteiger partial charge in [-0.3, -0.25) is 0 Å². The van der Waals surface area contributed by atoms with Crippen molar-refractivity contribution < 1.29 is 5.11 Å². The molecular weight excluding hydrogens is 320 g/mol. The first-order valence-electron chi connectivity index (χ1n) is 7.06. The van der Waals surface area contributed by atoms with Crippen LogP contribution in [0.5, 0.6) is 0 Å². The van der Waals surface area contributed by atoms with Gasteiger partial charge in [0.2, 0.25) is 0 Å². The van der Waals surface area contributed by atoms with Crippen LogP contribution >= 0.6 is 23.4 Å². The molecule has 5 nitrogen and oxygen atoms in total. The molecule has 3 N–H and O–H groups in total. The summed E-state index contributed by atoms with van der Waals surface area (Å²) in [6.07, 6.45) is 3.53. The van der Waals surface area contributed by atoms with Crippen molar-refractivity contribution >= 4 is 39.4 Å². The highest BCUT2D eigenvalue weighted by molar-refractivity contribution is 8.29. The zero-order valence-electron chi connectivity index (χ0n) is 12.3. The van der Waals surface area contributed by atoms with Gasteiger partial charge in [-0.15, -0.1) is 0 Å². The third-order valence-corrected chi connectivity index (χ3v) is 3.86. The molecule has 2 rings (SSSR count). The van der Waals surface area contributed by atoms with E-state index in [4.69, 9.17) is 16.7 Å². The summed E-state index contributed by atoms with van der Waals surface area (Å²) >= 11 is 7.33. The monoisotopic (exact) mass is 338 g/mol. The number of anilines is 1. The Hall–Kier alpha value is -1.50. The van der Waals surface area contributed by atoms with E-state index in [1.54, 1.807) is 6.20 Å². The Morgan fingerprint density at radius 3 is 2.77 bits per heavy atom. The molecule has 0 radical (unpaired) electrons. The maximum atomic E-state index is 8.70. The fourth-order valence-corrected chi connectivity index (χ4v) is 2.38. The molecule has 0 bridgehead atoms. The Balaban J connectivity index is 1.76. The lowest BCUT2D eigenvalue weighted by molar-refractivity contribution is 0.284. The SMILES string of the molecule is CC(=CN=C1N=C(Nc2ccc(Cl)cc2)S1)NCCCCO. The van der Waals surface area contributed by atoms with Crippen molar-refractivity contribution in [1.82, 2.24) is 5.32 Å². The molecule has 1 aromatic carbocycles. The standard InChI is InChI=1S/C15H19ClN4OS/c1-11(17-8-2-3-9-21)10-18-14-20-15(22-14)19-13-6-4-12(16)5-7-13/h4-7,10,17,21H,2-3,8-9H2,1H3,(H,18,19,20). The number of nitrogens with zero attached hydrogens (tertiary/aromatic N) is 2. The van der Waals surface area contributed by atoms with Gasteiger partial charge in [-0.1, -0.05) is 11.6 Å². The van der Waals surface area contributed by atoms with E-state index in [2.05, 4.69) is 20.6 Å². The molecule has 0 fully saturated rings. The number of halogens is 1. The summed E-state index contributed by atoms with van der Waals surface area (Å²) in [4.78, 5) is 8.59. The molecule has 0 atom stereocenters. The van der Waals surface area contributed by atoms with E-state index < -0.39 is 0 Å². The number of rotatable bonds is 7. The molecule has 1 aromatic rings. The lowest BCUT2D eigenvalue weighted by Gasteiger charge is -2.15. The first-order chi connectivity index (χ1) is 10.7. The van der Waals surface area contributed by atoms with E-state index in [1.807, 2.05) is 31.2 Å². The predicted octanol–water partition coefficient (Wildman–Crippen LogP) is 3.43. The van der Waals surface area contributed by atoms with Crippen LogP contribution in [0.15, 0.2) is 46.1 Å². The summed E-state index contributed by atoms with van der Waals surface area (Å²) in [5.74, 6) is 0. The van der Waals surface area contributed by atoms with E-state index in [0.29, 0.717) is 5.02 Å². The number of thioether (sulfide) groups is 1. The molecule has 0 saturated heterocycles. The van der Waals surface area contributed by atoms with Gasteiger partial charge in [-0.2, -0.15) is 4.99 Å². The van der Waals surface area contributed by atoms with Gasteiger partial charge >= 0.3 is 0 Å². The summed E-state index contributed by atoms with van der Waals surface area (Å²) in [7, 11) is 0. The third-order valence-electron chi connectivity index (χ3n) is 2.84. The van der Waals surface area contributed by atoms with Crippen molar-refractivity contribution in [2.45, 2.75) is 19.8 Å². The molecule has 0 saturated carbocycles. The lowest BCUT2D eigenvalue weighted by atomic mass is 10.3. The number of hydrogen-bond acceptors (Lipinski definition) is 5. The molecular formula is C15H19ClN4OS. The molecule has 0 amide bonds. The van der Waals surface area contributed by atoms with Gasteiger partial charge in [0.25, 0.3) is 0 Å². The van der Waals surface area contributed by atoms with Crippen LogP contribution in [0.1, 0.15) is 19.8 Å².